The van der Waals surface area contributed by atoms with Crippen LogP contribution in [0.1, 0.15) is 5.56 Å². The van der Waals surface area contributed by atoms with E-state index in [9.17, 15) is 13.6 Å². The molecule has 2 aromatic heterocycles. The number of amides is 1. The number of aromatic amines is 1. The first-order valence-electron chi connectivity index (χ1n) is 8.90. The molecule has 0 saturated heterocycles. The first-order valence-corrected chi connectivity index (χ1v) is 8.90. The molecule has 4 rings (SSSR count). The molecule has 2 N–H and O–H groups in total. The maximum atomic E-state index is 13.9. The van der Waals surface area contributed by atoms with Gasteiger partial charge in [0, 0.05) is 18.0 Å². The Kier molecular flexibility index (Phi) is 5.11. The lowest BCUT2D eigenvalue weighted by Crippen LogP contribution is -2.16. The van der Waals surface area contributed by atoms with E-state index < -0.39 is 11.7 Å². The van der Waals surface area contributed by atoms with Crippen LogP contribution < -0.4 is 5.32 Å². The van der Waals surface area contributed by atoms with Gasteiger partial charge in [-0.2, -0.15) is 5.10 Å². The lowest BCUT2D eigenvalue weighted by molar-refractivity contribution is -0.115. The number of hydrogen-bond donors (Lipinski definition) is 2. The van der Waals surface area contributed by atoms with Crippen molar-refractivity contribution in [1.29, 1.82) is 0 Å². The van der Waals surface area contributed by atoms with Gasteiger partial charge in [-0.05, 0) is 53.6 Å². The fourth-order valence-corrected chi connectivity index (χ4v) is 3.05. The molecule has 0 aliphatic heterocycles. The number of aromatic nitrogens is 3. The lowest BCUT2D eigenvalue weighted by Gasteiger charge is -2.08. The average molecular weight is 390 g/mol. The van der Waals surface area contributed by atoms with Crippen LogP contribution in [0.5, 0.6) is 0 Å². The molecular weight excluding hydrogens is 374 g/mol. The monoisotopic (exact) mass is 390 g/mol. The number of benzene rings is 2. The van der Waals surface area contributed by atoms with Gasteiger partial charge in [-0.25, -0.2) is 8.78 Å². The summed E-state index contributed by atoms with van der Waals surface area (Å²) in [7, 11) is 0. The summed E-state index contributed by atoms with van der Waals surface area (Å²) in [5.41, 5.74) is 3.04. The van der Waals surface area contributed by atoms with Gasteiger partial charge in [-0.1, -0.05) is 18.2 Å². The molecule has 0 aliphatic carbocycles. The van der Waals surface area contributed by atoms with Gasteiger partial charge in [0.05, 0.1) is 17.7 Å². The standard InChI is InChI=1S/C22H16F2N4O/c23-17-7-5-15(6-8-17)21-20(14-9-11-25-12-10-14)22(28-27-21)26-19(29)13-16-3-1-2-4-18(16)24/h1-12H,13H2,(H2,26,27,28,29). The summed E-state index contributed by atoms with van der Waals surface area (Å²) in [4.78, 5) is 16.5. The Hall–Kier alpha value is -3.87. The highest BCUT2D eigenvalue weighted by molar-refractivity contribution is 5.98. The predicted molar refractivity (Wildman–Crippen MR) is 106 cm³/mol. The van der Waals surface area contributed by atoms with E-state index in [1.54, 1.807) is 54.9 Å². The highest BCUT2D eigenvalue weighted by atomic mass is 19.1. The van der Waals surface area contributed by atoms with Crippen molar-refractivity contribution in [2.24, 2.45) is 0 Å². The zero-order valence-corrected chi connectivity index (χ0v) is 15.2. The second kappa shape index (κ2) is 8.02. The summed E-state index contributed by atoms with van der Waals surface area (Å²) in [6, 6.07) is 15.6. The largest absolute Gasteiger partial charge is 0.308 e. The normalized spacial score (nSPS) is 10.7. The zero-order valence-electron chi connectivity index (χ0n) is 15.2. The quantitative estimate of drug-likeness (QED) is 0.523. The van der Waals surface area contributed by atoms with Crippen LogP contribution in [0.3, 0.4) is 0 Å². The van der Waals surface area contributed by atoms with Crippen LogP contribution >= 0.6 is 0 Å². The SMILES string of the molecule is O=C(Cc1ccccc1F)Nc1n[nH]c(-c2ccc(F)cc2)c1-c1ccncc1. The van der Waals surface area contributed by atoms with E-state index in [4.69, 9.17) is 0 Å². The second-order valence-corrected chi connectivity index (χ2v) is 6.38. The van der Waals surface area contributed by atoms with Crippen molar-refractivity contribution in [3.8, 4) is 22.4 Å². The van der Waals surface area contributed by atoms with Crippen molar-refractivity contribution < 1.29 is 13.6 Å². The summed E-state index contributed by atoms with van der Waals surface area (Å²) in [5, 5.41) is 9.88. The summed E-state index contributed by atoms with van der Waals surface area (Å²) < 4.78 is 27.2. The number of carbonyl (C=O) groups is 1. The smallest absolute Gasteiger partial charge is 0.230 e. The van der Waals surface area contributed by atoms with Crippen molar-refractivity contribution >= 4 is 11.7 Å². The summed E-state index contributed by atoms with van der Waals surface area (Å²) in [6.45, 7) is 0. The summed E-state index contributed by atoms with van der Waals surface area (Å²) >= 11 is 0. The summed E-state index contributed by atoms with van der Waals surface area (Å²) in [6.07, 6.45) is 3.13. The molecule has 4 aromatic rings. The summed E-state index contributed by atoms with van der Waals surface area (Å²) in [5.74, 6) is -0.886. The van der Waals surface area contributed by atoms with Crippen LogP contribution in [0.2, 0.25) is 0 Å². The van der Waals surface area contributed by atoms with Gasteiger partial charge >= 0.3 is 0 Å². The molecule has 1 amide bonds. The van der Waals surface area contributed by atoms with Gasteiger partial charge in [-0.15, -0.1) is 0 Å². The molecule has 0 spiro atoms. The van der Waals surface area contributed by atoms with E-state index in [1.165, 1.54) is 18.2 Å². The zero-order chi connectivity index (χ0) is 20.2. The molecule has 2 aromatic carbocycles. The van der Waals surface area contributed by atoms with Crippen LogP contribution in [0, 0.1) is 11.6 Å². The minimum Gasteiger partial charge on any atom is -0.308 e. The molecule has 29 heavy (non-hydrogen) atoms. The molecule has 0 atom stereocenters. The number of halogens is 2. The van der Waals surface area contributed by atoms with Gasteiger partial charge in [0.25, 0.3) is 0 Å². The maximum Gasteiger partial charge on any atom is 0.230 e. The number of nitrogens with zero attached hydrogens (tertiary/aromatic N) is 2. The van der Waals surface area contributed by atoms with Gasteiger partial charge in [-0.3, -0.25) is 14.9 Å². The third-order valence-corrected chi connectivity index (χ3v) is 4.43. The van der Waals surface area contributed by atoms with Crippen molar-refractivity contribution in [2.45, 2.75) is 6.42 Å². The molecule has 2 heterocycles. The minimum atomic E-state index is -0.439. The molecule has 0 fully saturated rings. The van der Waals surface area contributed by atoms with Crippen molar-refractivity contribution in [1.82, 2.24) is 15.2 Å². The highest BCUT2D eigenvalue weighted by Gasteiger charge is 2.19. The number of hydrogen-bond acceptors (Lipinski definition) is 3. The van der Waals surface area contributed by atoms with Gasteiger partial charge in [0.2, 0.25) is 5.91 Å². The minimum absolute atomic E-state index is 0.124. The van der Waals surface area contributed by atoms with Crippen LogP contribution in [-0.2, 0) is 11.2 Å². The number of anilines is 1. The van der Waals surface area contributed by atoms with Gasteiger partial charge in [0.1, 0.15) is 11.6 Å². The highest BCUT2D eigenvalue weighted by Crippen LogP contribution is 2.36. The van der Waals surface area contributed by atoms with Crippen molar-refractivity contribution in [3.05, 3.63) is 90.3 Å². The number of carbonyl (C=O) groups excluding carboxylic acids is 1. The second-order valence-electron chi connectivity index (χ2n) is 6.38. The van der Waals surface area contributed by atoms with Crippen LogP contribution in [0.4, 0.5) is 14.6 Å². The van der Waals surface area contributed by atoms with E-state index in [0.717, 1.165) is 5.56 Å². The molecule has 0 bridgehead atoms. The Labute approximate surface area is 165 Å². The van der Waals surface area contributed by atoms with Crippen LogP contribution in [-0.4, -0.2) is 21.1 Å². The van der Waals surface area contributed by atoms with Crippen LogP contribution in [0.15, 0.2) is 73.1 Å². The molecule has 0 aliphatic rings. The fraction of sp³-hybridized carbons (Fsp3) is 0.0455. The number of H-pyrrole nitrogens is 1. The van der Waals surface area contributed by atoms with E-state index in [1.807, 2.05) is 0 Å². The van der Waals surface area contributed by atoms with Gasteiger partial charge < -0.3 is 5.32 Å². The van der Waals surface area contributed by atoms with E-state index in [2.05, 4.69) is 20.5 Å². The molecule has 0 radical (unpaired) electrons. The first kappa shape index (κ1) is 18.5. The fourth-order valence-electron chi connectivity index (χ4n) is 3.05. The maximum absolute atomic E-state index is 13.9. The van der Waals surface area contributed by atoms with E-state index >= 15 is 0 Å². The Balaban J connectivity index is 1.69. The average Bonchev–Trinajstić information content (AvgIpc) is 3.14. The Morgan fingerprint density at radius 1 is 0.931 bits per heavy atom. The molecule has 144 valence electrons. The molecule has 0 saturated carbocycles. The third kappa shape index (κ3) is 4.03. The van der Waals surface area contributed by atoms with E-state index in [0.29, 0.717) is 28.2 Å². The number of rotatable bonds is 5. The number of nitrogens with one attached hydrogen (secondary N) is 2. The topological polar surface area (TPSA) is 70.7 Å². The van der Waals surface area contributed by atoms with E-state index in [-0.39, 0.29) is 12.2 Å². The molecule has 5 nitrogen and oxygen atoms in total. The Bertz CT molecular complexity index is 1140. The molecular formula is C22H16F2N4O. The predicted octanol–water partition coefficient (Wildman–Crippen LogP) is 4.60. The van der Waals surface area contributed by atoms with Gasteiger partial charge in [0.15, 0.2) is 5.82 Å². The number of pyridine rings is 1. The van der Waals surface area contributed by atoms with Crippen molar-refractivity contribution in [2.75, 3.05) is 5.32 Å². The van der Waals surface area contributed by atoms with Crippen molar-refractivity contribution in [3.63, 3.8) is 0 Å². The molecule has 0 unspecified atom stereocenters. The first-order chi connectivity index (χ1) is 14.1. The Morgan fingerprint density at radius 2 is 1.66 bits per heavy atom. The van der Waals surface area contributed by atoms with Crippen LogP contribution in [0.25, 0.3) is 22.4 Å². The third-order valence-electron chi connectivity index (χ3n) is 4.43. The lowest BCUT2D eigenvalue weighted by atomic mass is 10.0. The molecule has 7 heteroatoms. The Morgan fingerprint density at radius 3 is 2.38 bits per heavy atom.